The molecule has 204 valence electrons. The molecule has 4 heterocycles. The fraction of sp³-hybridized carbons (Fsp3) is 0.588. The van der Waals surface area contributed by atoms with Crippen LogP contribution in [0.1, 0.15) is 104 Å². The highest BCUT2D eigenvalue weighted by molar-refractivity contribution is 5.71. The van der Waals surface area contributed by atoms with Gasteiger partial charge in [-0.3, -0.25) is 0 Å². The molecule has 2 aromatic rings. The summed E-state index contributed by atoms with van der Waals surface area (Å²) in [6.07, 6.45) is 15.2. The summed E-state index contributed by atoms with van der Waals surface area (Å²) in [5, 5.41) is 10.6. The normalized spacial score (nSPS) is 28.6. The van der Waals surface area contributed by atoms with E-state index in [1.165, 1.54) is 73.9 Å². The molecule has 4 saturated heterocycles. The van der Waals surface area contributed by atoms with Gasteiger partial charge in [0.15, 0.2) is 0 Å². The van der Waals surface area contributed by atoms with Crippen molar-refractivity contribution in [2.24, 2.45) is 0 Å². The van der Waals surface area contributed by atoms with Crippen LogP contribution in [0.4, 0.5) is 11.4 Å². The molecule has 0 N–H and O–H groups in total. The van der Waals surface area contributed by atoms with Gasteiger partial charge in [0, 0.05) is 35.2 Å². The number of anilines is 2. The fourth-order valence-corrected chi connectivity index (χ4v) is 7.88. The first-order chi connectivity index (χ1) is 18.1. The first-order valence-corrected chi connectivity index (χ1v) is 15.1. The van der Waals surface area contributed by atoms with Gasteiger partial charge in [-0.15, -0.1) is 0 Å². The molecule has 38 heavy (non-hydrogen) atoms. The van der Waals surface area contributed by atoms with Crippen molar-refractivity contribution in [1.82, 2.24) is 10.0 Å². The van der Waals surface area contributed by atoms with E-state index in [9.17, 15) is 0 Å². The number of hydrazine groups is 2. The van der Waals surface area contributed by atoms with Gasteiger partial charge in [-0.2, -0.15) is 0 Å². The van der Waals surface area contributed by atoms with E-state index in [1.54, 1.807) is 0 Å². The second kappa shape index (κ2) is 9.71. The maximum atomic E-state index is 2.67. The molecule has 6 aliphatic rings. The third kappa shape index (κ3) is 4.79. The molecule has 8 rings (SSSR count). The van der Waals surface area contributed by atoms with Gasteiger partial charge in [0.2, 0.25) is 0 Å². The number of fused-ring (bicyclic) bond motifs is 6. The van der Waals surface area contributed by atoms with E-state index in [2.05, 4.69) is 122 Å². The smallest absolute Gasteiger partial charge is 0.0526 e. The molecule has 2 aliphatic carbocycles. The minimum Gasteiger partial charge on any atom is -0.302 e. The van der Waals surface area contributed by atoms with Crippen LogP contribution in [0.15, 0.2) is 48.5 Å². The van der Waals surface area contributed by atoms with Crippen molar-refractivity contribution < 1.29 is 0 Å². The van der Waals surface area contributed by atoms with Gasteiger partial charge in [-0.1, -0.05) is 36.4 Å². The molecule has 0 radical (unpaired) electrons. The number of hydrogen-bond acceptors (Lipinski definition) is 4. The van der Waals surface area contributed by atoms with Crippen molar-refractivity contribution in [3.05, 3.63) is 59.7 Å². The van der Waals surface area contributed by atoms with Gasteiger partial charge in [-0.25, -0.2) is 10.0 Å². The van der Waals surface area contributed by atoms with E-state index in [-0.39, 0.29) is 11.1 Å². The number of nitrogens with zero attached hydrogens (tertiary/aromatic N) is 4. The minimum absolute atomic E-state index is 0.145. The lowest BCUT2D eigenvalue weighted by molar-refractivity contribution is -0.0144. The van der Waals surface area contributed by atoms with Crippen LogP contribution in [0.5, 0.6) is 0 Å². The third-order valence-corrected chi connectivity index (χ3v) is 9.34. The van der Waals surface area contributed by atoms with Crippen molar-refractivity contribution in [1.29, 1.82) is 0 Å². The Labute approximate surface area is 231 Å². The van der Waals surface area contributed by atoms with Crippen molar-refractivity contribution in [2.45, 2.75) is 128 Å². The highest BCUT2D eigenvalue weighted by Gasteiger charge is 2.46. The third-order valence-electron chi connectivity index (χ3n) is 9.34. The zero-order chi connectivity index (χ0) is 26.7. The monoisotopic (exact) mass is 512 g/mol. The van der Waals surface area contributed by atoms with Crippen LogP contribution >= 0.6 is 0 Å². The van der Waals surface area contributed by atoms with Crippen LogP contribution in [0.25, 0.3) is 12.2 Å². The average molecular weight is 513 g/mol. The molecule has 0 aromatic heterocycles. The summed E-state index contributed by atoms with van der Waals surface area (Å²) in [6.45, 7) is 14.2. The summed E-state index contributed by atoms with van der Waals surface area (Å²) in [4.78, 5) is 0. The Morgan fingerprint density at radius 1 is 0.474 bits per heavy atom. The average Bonchev–Trinajstić information content (AvgIpc) is 2.92. The van der Waals surface area contributed by atoms with Crippen LogP contribution in [0.3, 0.4) is 0 Å². The van der Waals surface area contributed by atoms with Gasteiger partial charge in [0.05, 0.1) is 11.4 Å². The predicted octanol–water partition coefficient (Wildman–Crippen LogP) is 8.15. The second-order valence-corrected chi connectivity index (χ2v) is 14.2. The Balaban J connectivity index is 1.16. The molecule has 0 atom stereocenters. The van der Waals surface area contributed by atoms with Crippen molar-refractivity contribution in [3.63, 3.8) is 0 Å². The summed E-state index contributed by atoms with van der Waals surface area (Å²) in [7, 11) is 0. The topological polar surface area (TPSA) is 13.0 Å². The van der Waals surface area contributed by atoms with Gasteiger partial charge < -0.3 is 10.0 Å². The molecule has 0 unspecified atom stereocenters. The lowest BCUT2D eigenvalue weighted by Gasteiger charge is -2.59. The van der Waals surface area contributed by atoms with Crippen LogP contribution in [-0.4, -0.2) is 45.3 Å². The maximum absolute atomic E-state index is 2.67. The molecule has 4 bridgehead atoms. The molecular weight excluding hydrogens is 464 g/mol. The number of hydrogen-bond donors (Lipinski definition) is 0. The molecule has 4 nitrogen and oxygen atoms in total. The summed E-state index contributed by atoms with van der Waals surface area (Å²) in [5.41, 5.74) is 5.49. The van der Waals surface area contributed by atoms with E-state index >= 15 is 0 Å². The highest BCUT2D eigenvalue weighted by Crippen LogP contribution is 2.43. The lowest BCUT2D eigenvalue weighted by Crippen LogP contribution is -2.67. The van der Waals surface area contributed by atoms with E-state index in [0.717, 1.165) is 0 Å². The maximum Gasteiger partial charge on any atom is 0.0526 e. The van der Waals surface area contributed by atoms with Gasteiger partial charge in [0.1, 0.15) is 0 Å². The van der Waals surface area contributed by atoms with Gasteiger partial charge >= 0.3 is 0 Å². The van der Waals surface area contributed by atoms with E-state index in [1.807, 2.05) is 0 Å². The molecule has 2 saturated carbocycles. The summed E-state index contributed by atoms with van der Waals surface area (Å²) in [6, 6.07) is 21.1. The summed E-state index contributed by atoms with van der Waals surface area (Å²) >= 11 is 0. The Morgan fingerprint density at radius 3 is 1.05 bits per heavy atom. The van der Waals surface area contributed by atoms with E-state index in [0.29, 0.717) is 24.2 Å². The highest BCUT2D eigenvalue weighted by atomic mass is 15.7. The second-order valence-electron chi connectivity index (χ2n) is 14.2. The Hall–Kier alpha value is -2.30. The molecule has 2 aromatic carbocycles. The number of benzene rings is 2. The molecule has 0 spiro atoms. The molecule has 0 amide bonds. The SMILES string of the molecule is CC(C)(C)N1C2CCC(CC2)N1c1ccc(/C=C/c2ccc(N3C4CCC(CC4)N3C(C)(C)C)cc2)cc1. The molecular formula is C34H48N4. The fourth-order valence-electron chi connectivity index (χ4n) is 7.88. The largest absolute Gasteiger partial charge is 0.302 e. The van der Waals surface area contributed by atoms with Crippen LogP contribution in [0.2, 0.25) is 0 Å². The zero-order valence-corrected chi connectivity index (χ0v) is 24.5. The number of rotatable bonds is 4. The first-order valence-electron chi connectivity index (χ1n) is 15.1. The van der Waals surface area contributed by atoms with E-state index in [4.69, 9.17) is 0 Å². The Bertz CT molecular complexity index is 1030. The molecule has 6 fully saturated rings. The zero-order valence-electron chi connectivity index (χ0n) is 24.5. The van der Waals surface area contributed by atoms with Crippen molar-refractivity contribution in [3.8, 4) is 0 Å². The standard InChI is InChI=1S/C34H48N4/c1-33(2,3)37-31-21-17-29(18-22-31)35(37)27-13-9-25(10-14-27)7-8-26-11-15-28(16-12-26)36-30-19-23-32(24-20-30)38(36)34(4,5)6/h7-16,29-32H,17-24H2,1-6H3/b8-7+. The summed E-state index contributed by atoms with van der Waals surface area (Å²) in [5.74, 6) is 0. The van der Waals surface area contributed by atoms with Crippen LogP contribution in [-0.2, 0) is 0 Å². The first kappa shape index (κ1) is 26.0. The molecule has 4 aliphatic heterocycles. The summed E-state index contributed by atoms with van der Waals surface area (Å²) < 4.78 is 0. The quantitative estimate of drug-likeness (QED) is 0.383. The Morgan fingerprint density at radius 2 is 0.763 bits per heavy atom. The van der Waals surface area contributed by atoms with Crippen LogP contribution in [0, 0.1) is 0 Å². The minimum atomic E-state index is 0.145. The predicted molar refractivity (Wildman–Crippen MR) is 162 cm³/mol. The Kier molecular flexibility index (Phi) is 6.63. The van der Waals surface area contributed by atoms with Crippen LogP contribution < -0.4 is 10.0 Å². The van der Waals surface area contributed by atoms with Crippen molar-refractivity contribution >= 4 is 23.5 Å². The molecule has 4 heteroatoms. The van der Waals surface area contributed by atoms with Gasteiger partial charge in [0.25, 0.3) is 0 Å². The van der Waals surface area contributed by atoms with Gasteiger partial charge in [-0.05, 0) is 128 Å². The lowest BCUT2D eigenvalue weighted by atomic mass is 9.84. The van der Waals surface area contributed by atoms with Crippen molar-refractivity contribution in [2.75, 3.05) is 10.0 Å². The van der Waals surface area contributed by atoms with E-state index < -0.39 is 0 Å².